The average molecular weight is 286 g/mol. The van der Waals surface area contributed by atoms with E-state index in [1.807, 2.05) is 0 Å². The van der Waals surface area contributed by atoms with Gasteiger partial charge in [-0.1, -0.05) is 5.21 Å². The standard InChI is InChI=1S/C15H12F2N4/c16-12-3-1-11(2-4-12)15-9-21(20-19-15)14-6-10(8-18)5-13(17)7-14/h1-7,9H,8,18H2. The van der Waals surface area contributed by atoms with Crippen LogP contribution in [0.2, 0.25) is 0 Å². The molecule has 2 N–H and O–H groups in total. The maximum absolute atomic E-state index is 13.5. The maximum atomic E-state index is 13.5. The summed E-state index contributed by atoms with van der Waals surface area (Å²) in [6.07, 6.45) is 1.66. The summed E-state index contributed by atoms with van der Waals surface area (Å²) in [6.45, 7) is 0.240. The van der Waals surface area contributed by atoms with Crippen LogP contribution in [0.4, 0.5) is 8.78 Å². The van der Waals surface area contributed by atoms with Gasteiger partial charge < -0.3 is 5.73 Å². The van der Waals surface area contributed by atoms with Gasteiger partial charge in [0.05, 0.1) is 11.9 Å². The molecule has 0 aliphatic carbocycles. The predicted octanol–water partition coefficient (Wildman–Crippen LogP) is 2.67. The maximum Gasteiger partial charge on any atom is 0.125 e. The minimum Gasteiger partial charge on any atom is -0.326 e. The number of hydrogen-bond donors (Lipinski definition) is 1. The molecule has 21 heavy (non-hydrogen) atoms. The third kappa shape index (κ3) is 2.80. The number of halogens is 2. The number of nitrogens with zero attached hydrogens (tertiary/aromatic N) is 3. The second kappa shape index (κ2) is 5.41. The van der Waals surface area contributed by atoms with Crippen LogP contribution in [0.5, 0.6) is 0 Å². The molecule has 6 heteroatoms. The second-order valence-electron chi connectivity index (χ2n) is 4.58. The van der Waals surface area contributed by atoms with Gasteiger partial charge in [0.1, 0.15) is 17.3 Å². The minimum absolute atomic E-state index is 0.240. The lowest BCUT2D eigenvalue weighted by atomic mass is 10.1. The highest BCUT2D eigenvalue weighted by Gasteiger charge is 2.07. The smallest absolute Gasteiger partial charge is 0.125 e. The summed E-state index contributed by atoms with van der Waals surface area (Å²) in [5.74, 6) is -0.698. The fraction of sp³-hybridized carbons (Fsp3) is 0.0667. The van der Waals surface area contributed by atoms with Gasteiger partial charge in [0, 0.05) is 12.1 Å². The van der Waals surface area contributed by atoms with Gasteiger partial charge in [-0.3, -0.25) is 0 Å². The Balaban J connectivity index is 1.98. The Bertz CT molecular complexity index is 766. The molecule has 0 aliphatic heterocycles. The van der Waals surface area contributed by atoms with Crippen molar-refractivity contribution < 1.29 is 8.78 Å². The molecule has 0 fully saturated rings. The van der Waals surface area contributed by atoms with E-state index in [2.05, 4.69) is 10.3 Å². The lowest BCUT2D eigenvalue weighted by Crippen LogP contribution is -2.01. The van der Waals surface area contributed by atoms with Gasteiger partial charge in [0.15, 0.2) is 0 Å². The zero-order valence-electron chi connectivity index (χ0n) is 11.0. The van der Waals surface area contributed by atoms with Crippen LogP contribution in [0, 0.1) is 11.6 Å². The van der Waals surface area contributed by atoms with Crippen LogP contribution in [-0.4, -0.2) is 15.0 Å². The molecule has 0 unspecified atom stereocenters. The molecule has 0 radical (unpaired) electrons. The van der Waals surface area contributed by atoms with Crippen molar-refractivity contribution in [3.05, 3.63) is 65.9 Å². The number of hydrogen-bond acceptors (Lipinski definition) is 3. The van der Waals surface area contributed by atoms with Crippen molar-refractivity contribution in [2.75, 3.05) is 0 Å². The van der Waals surface area contributed by atoms with Crippen molar-refractivity contribution >= 4 is 0 Å². The van der Waals surface area contributed by atoms with Crippen molar-refractivity contribution in [2.24, 2.45) is 5.73 Å². The third-order valence-electron chi connectivity index (χ3n) is 3.08. The molecular formula is C15H12F2N4. The molecule has 0 aliphatic rings. The largest absolute Gasteiger partial charge is 0.326 e. The van der Waals surface area contributed by atoms with E-state index in [-0.39, 0.29) is 18.2 Å². The second-order valence-corrected chi connectivity index (χ2v) is 4.58. The Morgan fingerprint density at radius 1 is 1.00 bits per heavy atom. The summed E-state index contributed by atoms with van der Waals surface area (Å²) in [5.41, 5.74) is 8.05. The van der Waals surface area contributed by atoms with Gasteiger partial charge in [-0.05, 0) is 48.0 Å². The lowest BCUT2D eigenvalue weighted by molar-refractivity contribution is 0.622. The molecule has 0 saturated heterocycles. The highest BCUT2D eigenvalue weighted by atomic mass is 19.1. The first-order valence-electron chi connectivity index (χ1n) is 6.34. The number of rotatable bonds is 3. The monoisotopic (exact) mass is 286 g/mol. The van der Waals surface area contributed by atoms with Crippen molar-refractivity contribution in [3.63, 3.8) is 0 Å². The van der Waals surface area contributed by atoms with E-state index in [1.165, 1.54) is 28.9 Å². The van der Waals surface area contributed by atoms with E-state index in [0.717, 1.165) is 5.56 Å². The molecule has 0 atom stereocenters. The fourth-order valence-corrected chi connectivity index (χ4v) is 2.03. The van der Waals surface area contributed by atoms with Crippen LogP contribution in [0.1, 0.15) is 5.56 Å². The first-order valence-corrected chi connectivity index (χ1v) is 6.34. The van der Waals surface area contributed by atoms with Gasteiger partial charge in [-0.15, -0.1) is 5.10 Å². The first kappa shape index (κ1) is 13.4. The summed E-state index contributed by atoms with van der Waals surface area (Å²) in [5, 5.41) is 7.98. The molecule has 0 amide bonds. The van der Waals surface area contributed by atoms with E-state index in [4.69, 9.17) is 5.73 Å². The quantitative estimate of drug-likeness (QED) is 0.805. The molecule has 2 aromatic carbocycles. The van der Waals surface area contributed by atoms with E-state index >= 15 is 0 Å². The van der Waals surface area contributed by atoms with Crippen LogP contribution >= 0.6 is 0 Å². The molecule has 4 nitrogen and oxygen atoms in total. The van der Waals surface area contributed by atoms with Crippen molar-refractivity contribution in [1.82, 2.24) is 15.0 Å². The van der Waals surface area contributed by atoms with E-state index in [0.29, 0.717) is 16.9 Å². The van der Waals surface area contributed by atoms with Crippen LogP contribution in [0.15, 0.2) is 48.7 Å². The Morgan fingerprint density at radius 2 is 1.76 bits per heavy atom. The Kier molecular flexibility index (Phi) is 3.45. The van der Waals surface area contributed by atoms with Gasteiger partial charge in [-0.2, -0.15) is 0 Å². The van der Waals surface area contributed by atoms with Crippen molar-refractivity contribution in [2.45, 2.75) is 6.54 Å². The topological polar surface area (TPSA) is 56.7 Å². The minimum atomic E-state index is -0.383. The zero-order valence-corrected chi connectivity index (χ0v) is 11.0. The van der Waals surface area contributed by atoms with Crippen molar-refractivity contribution in [1.29, 1.82) is 0 Å². The van der Waals surface area contributed by atoms with Gasteiger partial charge in [0.2, 0.25) is 0 Å². The Labute approximate surface area is 119 Å². The summed E-state index contributed by atoms with van der Waals surface area (Å²) >= 11 is 0. The summed E-state index contributed by atoms with van der Waals surface area (Å²) < 4.78 is 27.9. The van der Waals surface area contributed by atoms with Crippen LogP contribution in [-0.2, 0) is 6.54 Å². The van der Waals surface area contributed by atoms with E-state index < -0.39 is 0 Å². The molecule has 3 aromatic rings. The fourth-order valence-electron chi connectivity index (χ4n) is 2.03. The molecule has 3 rings (SSSR count). The summed E-state index contributed by atoms with van der Waals surface area (Å²) in [6, 6.07) is 10.4. The molecular weight excluding hydrogens is 274 g/mol. The van der Waals surface area contributed by atoms with Gasteiger partial charge >= 0.3 is 0 Å². The number of nitrogens with two attached hydrogens (primary N) is 1. The van der Waals surface area contributed by atoms with Crippen LogP contribution < -0.4 is 5.73 Å². The molecule has 1 aromatic heterocycles. The highest BCUT2D eigenvalue weighted by molar-refractivity contribution is 5.58. The van der Waals surface area contributed by atoms with E-state index in [9.17, 15) is 8.78 Å². The highest BCUT2D eigenvalue weighted by Crippen LogP contribution is 2.19. The predicted molar refractivity (Wildman–Crippen MR) is 74.6 cm³/mol. The molecule has 0 saturated carbocycles. The zero-order chi connectivity index (χ0) is 14.8. The van der Waals surface area contributed by atoms with Gasteiger partial charge in [-0.25, -0.2) is 13.5 Å². The molecule has 1 heterocycles. The molecule has 106 valence electrons. The van der Waals surface area contributed by atoms with Gasteiger partial charge in [0.25, 0.3) is 0 Å². The first-order chi connectivity index (χ1) is 10.2. The van der Waals surface area contributed by atoms with Crippen LogP contribution in [0.3, 0.4) is 0 Å². The normalized spacial score (nSPS) is 10.8. The number of benzene rings is 2. The SMILES string of the molecule is NCc1cc(F)cc(-n2cc(-c3ccc(F)cc3)nn2)c1. The van der Waals surface area contributed by atoms with Crippen molar-refractivity contribution in [3.8, 4) is 16.9 Å². The van der Waals surface area contributed by atoms with Crippen LogP contribution in [0.25, 0.3) is 16.9 Å². The van der Waals surface area contributed by atoms with E-state index in [1.54, 1.807) is 24.4 Å². The molecule has 0 bridgehead atoms. The Hall–Kier alpha value is -2.60. The third-order valence-corrected chi connectivity index (χ3v) is 3.08. The summed E-state index contributed by atoms with van der Waals surface area (Å²) in [7, 11) is 0. The lowest BCUT2D eigenvalue weighted by Gasteiger charge is -2.03. The summed E-state index contributed by atoms with van der Waals surface area (Å²) in [4.78, 5) is 0. The Morgan fingerprint density at radius 3 is 2.48 bits per heavy atom. The molecule has 0 spiro atoms. The number of aromatic nitrogens is 3. The average Bonchev–Trinajstić information content (AvgIpc) is 2.97.